The van der Waals surface area contributed by atoms with Crippen LogP contribution in [0.15, 0.2) is 82.2 Å². The van der Waals surface area contributed by atoms with Crippen molar-refractivity contribution >= 4 is 37.5 Å². The zero-order chi connectivity index (χ0) is 23.1. The Balaban J connectivity index is 1.85. The number of nitrogens with zero attached hydrogens (tertiary/aromatic N) is 1. The number of hydrogen-bond acceptors (Lipinski definition) is 4. The third-order valence-corrected chi connectivity index (χ3v) is 7.26. The molecular weight excluding hydrogens is 492 g/mol. The molecule has 0 fully saturated rings. The lowest BCUT2D eigenvalue weighted by atomic mass is 10.1. The number of halogens is 1. The summed E-state index contributed by atoms with van der Waals surface area (Å²) in [5.41, 5.74) is 2.28. The smallest absolute Gasteiger partial charge is 0.243 e. The van der Waals surface area contributed by atoms with Crippen LogP contribution in [0.2, 0.25) is 0 Å². The van der Waals surface area contributed by atoms with Crippen molar-refractivity contribution in [3.05, 3.63) is 88.4 Å². The van der Waals surface area contributed by atoms with Crippen LogP contribution in [-0.4, -0.2) is 38.8 Å². The molecule has 3 rings (SSSR count). The third kappa shape index (κ3) is 6.18. The molecule has 8 heteroatoms. The van der Waals surface area contributed by atoms with Crippen molar-refractivity contribution in [2.45, 2.75) is 18.2 Å². The van der Waals surface area contributed by atoms with Gasteiger partial charge in [-0.3, -0.25) is 4.79 Å². The van der Waals surface area contributed by atoms with Crippen LogP contribution in [-0.2, 0) is 21.2 Å². The molecule has 0 spiro atoms. The molecular formula is C24H25BrN2O4S. The lowest BCUT2D eigenvalue weighted by Gasteiger charge is -2.22. The Hall–Kier alpha value is -2.68. The quantitative estimate of drug-likeness (QED) is 0.449. The Kier molecular flexibility index (Phi) is 8.06. The fraction of sp³-hybridized carbons (Fsp3) is 0.208. The van der Waals surface area contributed by atoms with E-state index in [1.54, 1.807) is 37.3 Å². The minimum atomic E-state index is -3.91. The first-order valence-corrected chi connectivity index (χ1v) is 12.3. The lowest BCUT2D eigenvalue weighted by Crippen LogP contribution is -2.39. The number of ether oxygens (including phenoxy) is 1. The molecule has 0 aliphatic rings. The fourth-order valence-corrected chi connectivity index (χ4v) is 5.15. The van der Waals surface area contributed by atoms with Crippen LogP contribution in [0.4, 0.5) is 5.69 Å². The van der Waals surface area contributed by atoms with Crippen molar-refractivity contribution in [1.29, 1.82) is 0 Å². The van der Waals surface area contributed by atoms with Gasteiger partial charge in [0.15, 0.2) is 0 Å². The van der Waals surface area contributed by atoms with Gasteiger partial charge in [-0.1, -0.05) is 52.3 Å². The number of hydrogen-bond donors (Lipinski definition) is 1. The van der Waals surface area contributed by atoms with Gasteiger partial charge in [0.25, 0.3) is 0 Å². The highest BCUT2D eigenvalue weighted by molar-refractivity contribution is 9.10. The molecule has 0 aliphatic heterocycles. The Morgan fingerprint density at radius 3 is 2.44 bits per heavy atom. The molecule has 0 bridgehead atoms. The van der Waals surface area contributed by atoms with Crippen LogP contribution in [0.1, 0.15) is 11.1 Å². The summed E-state index contributed by atoms with van der Waals surface area (Å²) in [5.74, 6) is 0.192. The maximum atomic E-state index is 13.4. The number of benzene rings is 3. The van der Waals surface area contributed by atoms with Gasteiger partial charge in [-0.15, -0.1) is 0 Å². The van der Waals surface area contributed by atoms with Crippen LogP contribution >= 0.6 is 15.9 Å². The largest absolute Gasteiger partial charge is 0.496 e. The van der Waals surface area contributed by atoms with Crippen molar-refractivity contribution in [3.8, 4) is 5.75 Å². The van der Waals surface area contributed by atoms with E-state index in [1.165, 1.54) is 17.5 Å². The van der Waals surface area contributed by atoms with Gasteiger partial charge in [0.05, 0.1) is 18.6 Å². The first-order valence-electron chi connectivity index (χ1n) is 10.0. The highest BCUT2D eigenvalue weighted by atomic mass is 79.9. The Bertz CT molecular complexity index is 1180. The Labute approximate surface area is 197 Å². The molecule has 0 heterocycles. The second kappa shape index (κ2) is 10.8. The lowest BCUT2D eigenvalue weighted by molar-refractivity contribution is -0.116. The van der Waals surface area contributed by atoms with Gasteiger partial charge in [-0.05, 0) is 60.9 Å². The normalized spacial score (nSPS) is 11.4. The molecule has 32 heavy (non-hydrogen) atoms. The highest BCUT2D eigenvalue weighted by Gasteiger charge is 2.27. The van der Waals surface area contributed by atoms with Crippen molar-refractivity contribution < 1.29 is 17.9 Å². The average Bonchev–Trinajstić information content (AvgIpc) is 2.77. The number of anilines is 1. The van der Waals surface area contributed by atoms with E-state index in [-0.39, 0.29) is 18.0 Å². The summed E-state index contributed by atoms with van der Waals surface area (Å²) in [5, 5.41) is 2.77. The number of rotatable bonds is 9. The molecule has 1 amide bonds. The third-order valence-electron chi connectivity index (χ3n) is 4.93. The molecule has 6 nitrogen and oxygen atoms in total. The van der Waals surface area contributed by atoms with Crippen LogP contribution in [0.3, 0.4) is 0 Å². The van der Waals surface area contributed by atoms with Crippen molar-refractivity contribution in [3.63, 3.8) is 0 Å². The first-order chi connectivity index (χ1) is 15.3. The van der Waals surface area contributed by atoms with E-state index in [2.05, 4.69) is 21.2 Å². The predicted molar refractivity (Wildman–Crippen MR) is 129 cm³/mol. The summed E-state index contributed by atoms with van der Waals surface area (Å²) in [6.07, 6.45) is 0.485. The number of nitrogens with one attached hydrogen (secondary N) is 1. The number of aryl methyl sites for hydroxylation is 1. The molecule has 3 aromatic carbocycles. The van der Waals surface area contributed by atoms with Crippen LogP contribution in [0.5, 0.6) is 5.75 Å². The number of amides is 1. The van der Waals surface area contributed by atoms with E-state index in [9.17, 15) is 13.2 Å². The molecule has 0 radical (unpaired) electrons. The van der Waals surface area contributed by atoms with Gasteiger partial charge in [-0.25, -0.2) is 8.42 Å². The summed E-state index contributed by atoms with van der Waals surface area (Å²) < 4.78 is 34.2. The molecule has 0 aliphatic carbocycles. The van der Waals surface area contributed by atoms with Gasteiger partial charge in [0.2, 0.25) is 15.9 Å². The van der Waals surface area contributed by atoms with Gasteiger partial charge in [0, 0.05) is 16.7 Å². The Morgan fingerprint density at radius 2 is 1.78 bits per heavy atom. The zero-order valence-corrected chi connectivity index (χ0v) is 20.3. The van der Waals surface area contributed by atoms with E-state index >= 15 is 0 Å². The minimum absolute atomic E-state index is 0.124. The second-order valence-electron chi connectivity index (χ2n) is 7.26. The van der Waals surface area contributed by atoms with Gasteiger partial charge in [0.1, 0.15) is 5.75 Å². The zero-order valence-electron chi connectivity index (χ0n) is 17.9. The molecule has 1 N–H and O–H groups in total. The van der Waals surface area contributed by atoms with Crippen molar-refractivity contribution in [2.75, 3.05) is 25.5 Å². The first kappa shape index (κ1) is 24.0. The van der Waals surface area contributed by atoms with Gasteiger partial charge < -0.3 is 10.1 Å². The van der Waals surface area contributed by atoms with Crippen LogP contribution in [0, 0.1) is 6.92 Å². The SMILES string of the molecule is COc1ccc(S(=O)(=O)N(CCc2ccccc2)CC(=O)Nc2cccc(Br)c2)cc1C. The standard InChI is InChI=1S/C24H25BrN2O4S/c1-18-15-22(11-12-23(18)31-2)32(29,30)27(14-13-19-7-4-3-5-8-19)17-24(28)26-21-10-6-9-20(25)16-21/h3-12,15-16H,13-14,17H2,1-2H3,(H,26,28). The van der Waals surface area contributed by atoms with E-state index in [4.69, 9.17) is 4.74 Å². The number of carbonyl (C=O) groups is 1. The minimum Gasteiger partial charge on any atom is -0.496 e. The summed E-state index contributed by atoms with van der Waals surface area (Å²) >= 11 is 3.37. The van der Waals surface area contributed by atoms with E-state index < -0.39 is 15.9 Å². The molecule has 0 atom stereocenters. The number of carbonyl (C=O) groups excluding carboxylic acids is 1. The topological polar surface area (TPSA) is 75.7 Å². The summed E-state index contributed by atoms with van der Waals surface area (Å²) in [6.45, 7) is 1.65. The molecule has 0 unspecified atom stereocenters. The second-order valence-corrected chi connectivity index (χ2v) is 10.1. The number of sulfonamides is 1. The van der Waals surface area contributed by atoms with E-state index in [0.29, 0.717) is 23.4 Å². The molecule has 0 aromatic heterocycles. The molecule has 0 saturated heterocycles. The summed E-state index contributed by atoms with van der Waals surface area (Å²) in [4.78, 5) is 12.9. The molecule has 168 valence electrons. The van der Waals surface area contributed by atoms with Crippen molar-refractivity contribution in [2.24, 2.45) is 0 Å². The number of methoxy groups -OCH3 is 1. The Morgan fingerprint density at radius 1 is 1.03 bits per heavy atom. The molecule has 3 aromatic rings. The summed E-state index contributed by atoms with van der Waals surface area (Å²) in [7, 11) is -2.37. The van der Waals surface area contributed by atoms with Crippen molar-refractivity contribution in [1.82, 2.24) is 4.31 Å². The van der Waals surface area contributed by atoms with E-state index in [0.717, 1.165) is 10.0 Å². The molecule has 0 saturated carbocycles. The highest BCUT2D eigenvalue weighted by Crippen LogP contribution is 2.24. The van der Waals surface area contributed by atoms with Gasteiger partial charge in [-0.2, -0.15) is 4.31 Å². The predicted octanol–water partition coefficient (Wildman–Crippen LogP) is 4.64. The maximum absolute atomic E-state index is 13.4. The van der Waals surface area contributed by atoms with Crippen LogP contribution < -0.4 is 10.1 Å². The maximum Gasteiger partial charge on any atom is 0.243 e. The van der Waals surface area contributed by atoms with Gasteiger partial charge >= 0.3 is 0 Å². The van der Waals surface area contributed by atoms with Crippen LogP contribution in [0.25, 0.3) is 0 Å². The monoisotopic (exact) mass is 516 g/mol. The van der Waals surface area contributed by atoms with E-state index in [1.807, 2.05) is 36.4 Å². The summed E-state index contributed by atoms with van der Waals surface area (Å²) in [6, 6.07) is 21.4. The average molecular weight is 517 g/mol. The fourth-order valence-electron chi connectivity index (χ4n) is 3.27.